The van der Waals surface area contributed by atoms with E-state index in [9.17, 15) is 9.59 Å². The van der Waals surface area contributed by atoms with Crippen LogP contribution in [0.3, 0.4) is 0 Å². The molecule has 0 aliphatic heterocycles. The van der Waals surface area contributed by atoms with Crippen molar-refractivity contribution in [3.63, 3.8) is 0 Å². The normalized spacial score (nSPS) is 10.5. The van der Waals surface area contributed by atoms with Gasteiger partial charge in [-0.1, -0.05) is 50.3 Å². The molecule has 0 heterocycles. The zero-order valence-corrected chi connectivity index (χ0v) is 20.5. The Morgan fingerprint density at radius 1 is 0.944 bits per heavy atom. The highest BCUT2D eigenvalue weighted by molar-refractivity contribution is 5.93. The second-order valence-corrected chi connectivity index (χ2v) is 8.18. The third-order valence-corrected chi connectivity index (χ3v) is 5.46. The Morgan fingerprint density at radius 3 is 2.33 bits per heavy atom. The molecule has 0 atom stereocenters. The third-order valence-electron chi connectivity index (χ3n) is 5.46. The molecule has 6 nitrogen and oxygen atoms in total. The Balaban J connectivity index is 1.54. The molecule has 0 aromatic heterocycles. The van der Waals surface area contributed by atoms with Gasteiger partial charge in [0.05, 0.1) is 18.8 Å². The number of nitrogens with one attached hydrogen (secondary N) is 1. The van der Waals surface area contributed by atoms with Gasteiger partial charge in [-0.3, -0.25) is 4.79 Å². The van der Waals surface area contributed by atoms with Gasteiger partial charge in [0.25, 0.3) is 0 Å². The summed E-state index contributed by atoms with van der Waals surface area (Å²) in [4.78, 5) is 23.7. The average molecular weight is 486 g/mol. The van der Waals surface area contributed by atoms with Crippen molar-refractivity contribution >= 4 is 18.0 Å². The van der Waals surface area contributed by atoms with E-state index in [1.807, 2.05) is 6.07 Å². The maximum absolute atomic E-state index is 12.6. The van der Waals surface area contributed by atoms with Crippen molar-refractivity contribution < 1.29 is 23.8 Å². The van der Waals surface area contributed by atoms with E-state index in [1.54, 1.807) is 36.4 Å². The predicted octanol–water partition coefficient (Wildman–Crippen LogP) is 6.06. The van der Waals surface area contributed by atoms with Gasteiger partial charge in [0.1, 0.15) is 18.1 Å². The van der Waals surface area contributed by atoms with Crippen LogP contribution in [0.1, 0.15) is 41.3 Å². The number of ketones is 1. The van der Waals surface area contributed by atoms with Crippen molar-refractivity contribution in [2.45, 2.75) is 26.2 Å². The number of hydrogen-bond acceptors (Lipinski definition) is 6. The van der Waals surface area contributed by atoms with Gasteiger partial charge in [-0.05, 0) is 65.6 Å². The quantitative estimate of drug-likeness (QED) is 0.0986. The number of esters is 1. The maximum atomic E-state index is 12.6. The molecule has 0 fully saturated rings. The van der Waals surface area contributed by atoms with E-state index in [4.69, 9.17) is 19.6 Å². The number of carbonyl (C=O) groups excluding carboxylic acids is 2. The van der Waals surface area contributed by atoms with Crippen LogP contribution in [0, 0.1) is 5.41 Å². The molecule has 186 valence electrons. The average Bonchev–Trinajstić information content (AvgIpc) is 2.91. The minimum absolute atomic E-state index is 0.0243. The van der Waals surface area contributed by atoms with Gasteiger partial charge in [0.2, 0.25) is 0 Å². The number of carbonyl (C=O) groups is 2. The SMILES string of the molecule is C=CC(=O)COCCCOc1ccc(C(=O)Oc2ccc(-c3ccc(CCC)cc3)c(C=N)c2)cc1. The van der Waals surface area contributed by atoms with E-state index in [0.29, 0.717) is 42.3 Å². The molecule has 0 aliphatic carbocycles. The van der Waals surface area contributed by atoms with Crippen molar-refractivity contribution in [1.82, 2.24) is 0 Å². The van der Waals surface area contributed by atoms with Crippen LogP contribution in [0.5, 0.6) is 11.5 Å². The smallest absolute Gasteiger partial charge is 0.343 e. The number of benzene rings is 3. The summed E-state index contributed by atoms with van der Waals surface area (Å²) in [6.07, 6.45) is 5.26. The Morgan fingerprint density at radius 2 is 1.67 bits per heavy atom. The van der Waals surface area contributed by atoms with Gasteiger partial charge < -0.3 is 19.6 Å². The number of hydrogen-bond donors (Lipinski definition) is 1. The summed E-state index contributed by atoms with van der Waals surface area (Å²) in [6, 6.07) is 20.3. The lowest BCUT2D eigenvalue weighted by Crippen LogP contribution is -2.10. The summed E-state index contributed by atoms with van der Waals surface area (Å²) in [5, 5.41) is 7.82. The third kappa shape index (κ3) is 7.75. The molecule has 6 heteroatoms. The molecule has 0 amide bonds. The van der Waals surface area contributed by atoms with Gasteiger partial charge in [-0.2, -0.15) is 0 Å². The molecule has 0 spiro atoms. The van der Waals surface area contributed by atoms with Crippen molar-refractivity contribution in [3.05, 3.63) is 96.1 Å². The highest BCUT2D eigenvalue weighted by Gasteiger charge is 2.12. The summed E-state index contributed by atoms with van der Waals surface area (Å²) in [6.45, 7) is 6.40. The zero-order chi connectivity index (χ0) is 25.8. The van der Waals surface area contributed by atoms with Crippen molar-refractivity contribution in [2.75, 3.05) is 19.8 Å². The Bertz CT molecular complexity index is 1180. The number of rotatable bonds is 14. The van der Waals surface area contributed by atoms with Gasteiger partial charge in [-0.25, -0.2) is 4.79 Å². The largest absolute Gasteiger partial charge is 0.494 e. The summed E-state index contributed by atoms with van der Waals surface area (Å²) >= 11 is 0. The van der Waals surface area contributed by atoms with Crippen LogP contribution in [0.4, 0.5) is 0 Å². The fraction of sp³-hybridized carbons (Fsp3) is 0.233. The molecule has 36 heavy (non-hydrogen) atoms. The molecule has 3 aromatic carbocycles. The highest BCUT2D eigenvalue weighted by Crippen LogP contribution is 2.27. The van der Waals surface area contributed by atoms with Crippen LogP contribution in [0.2, 0.25) is 0 Å². The summed E-state index contributed by atoms with van der Waals surface area (Å²) in [5.74, 6) is 0.351. The Labute approximate surface area is 212 Å². The first-order valence-corrected chi connectivity index (χ1v) is 12.0. The van der Waals surface area contributed by atoms with Crippen LogP contribution < -0.4 is 9.47 Å². The van der Waals surface area contributed by atoms with Gasteiger partial charge >= 0.3 is 5.97 Å². The first-order valence-electron chi connectivity index (χ1n) is 12.0. The molecule has 0 saturated carbocycles. The van der Waals surface area contributed by atoms with E-state index in [1.165, 1.54) is 17.9 Å². The maximum Gasteiger partial charge on any atom is 0.343 e. The molecular formula is C30H31NO5. The lowest BCUT2D eigenvalue weighted by molar-refractivity contribution is -0.119. The standard InChI is InChI=1S/C30H31NO5/c1-3-6-22-7-9-23(10-8-22)29-16-15-28(19-25(29)20-31)36-30(33)24-11-13-27(14-12-24)35-18-5-17-34-21-26(32)4-2/h4,7-16,19-20,31H,2-3,5-6,17-18,21H2,1H3. The molecular weight excluding hydrogens is 454 g/mol. The fourth-order valence-corrected chi connectivity index (χ4v) is 3.56. The molecule has 1 N–H and O–H groups in total. The van der Waals surface area contributed by atoms with E-state index in [2.05, 4.69) is 37.8 Å². The molecule has 0 radical (unpaired) electrons. The van der Waals surface area contributed by atoms with Crippen molar-refractivity contribution in [2.24, 2.45) is 0 Å². The molecule has 3 aromatic rings. The molecule has 0 saturated heterocycles. The second kappa shape index (κ2) is 13.8. The first kappa shape index (κ1) is 26.6. The van der Waals surface area contributed by atoms with E-state index in [-0.39, 0.29) is 12.4 Å². The summed E-state index contributed by atoms with van der Waals surface area (Å²) in [7, 11) is 0. The van der Waals surface area contributed by atoms with Gasteiger partial charge in [-0.15, -0.1) is 0 Å². The van der Waals surface area contributed by atoms with Crippen LogP contribution in [0.15, 0.2) is 79.4 Å². The van der Waals surface area contributed by atoms with E-state index in [0.717, 1.165) is 24.0 Å². The molecule has 3 rings (SSSR count). The molecule has 0 unspecified atom stereocenters. The van der Waals surface area contributed by atoms with E-state index < -0.39 is 5.97 Å². The van der Waals surface area contributed by atoms with Crippen LogP contribution >= 0.6 is 0 Å². The lowest BCUT2D eigenvalue weighted by Gasteiger charge is -2.11. The van der Waals surface area contributed by atoms with Crippen molar-refractivity contribution in [3.8, 4) is 22.6 Å². The Kier molecular flexibility index (Phi) is 10.2. The second-order valence-electron chi connectivity index (χ2n) is 8.18. The fourth-order valence-electron chi connectivity index (χ4n) is 3.56. The first-order chi connectivity index (χ1) is 17.5. The topological polar surface area (TPSA) is 85.7 Å². The number of aryl methyl sites for hydroxylation is 1. The number of ether oxygens (including phenoxy) is 3. The van der Waals surface area contributed by atoms with E-state index >= 15 is 0 Å². The minimum Gasteiger partial charge on any atom is -0.494 e. The predicted molar refractivity (Wildman–Crippen MR) is 141 cm³/mol. The summed E-state index contributed by atoms with van der Waals surface area (Å²) < 4.78 is 16.4. The monoisotopic (exact) mass is 485 g/mol. The van der Waals surface area contributed by atoms with Gasteiger partial charge in [0.15, 0.2) is 5.78 Å². The molecule has 0 bridgehead atoms. The Hall–Kier alpha value is -4.03. The zero-order valence-electron chi connectivity index (χ0n) is 20.5. The lowest BCUT2D eigenvalue weighted by atomic mass is 9.98. The van der Waals surface area contributed by atoms with Gasteiger partial charge in [0, 0.05) is 18.2 Å². The summed E-state index contributed by atoms with van der Waals surface area (Å²) in [5.41, 5.74) is 4.27. The molecule has 0 aliphatic rings. The highest BCUT2D eigenvalue weighted by atomic mass is 16.5. The van der Waals surface area contributed by atoms with Crippen LogP contribution in [-0.4, -0.2) is 37.8 Å². The minimum atomic E-state index is -0.491. The van der Waals surface area contributed by atoms with Crippen LogP contribution in [-0.2, 0) is 16.0 Å². The van der Waals surface area contributed by atoms with Crippen molar-refractivity contribution in [1.29, 1.82) is 5.41 Å². The van der Waals surface area contributed by atoms with Crippen LogP contribution in [0.25, 0.3) is 11.1 Å².